The normalized spacial score (nSPS) is 16.7. The van der Waals surface area contributed by atoms with Gasteiger partial charge < -0.3 is 5.32 Å². The number of benzene rings is 1. The molecular weight excluding hydrogens is 371 g/mol. The predicted octanol–water partition coefficient (Wildman–Crippen LogP) is 4.06. The van der Waals surface area contributed by atoms with Crippen molar-refractivity contribution < 1.29 is 4.39 Å². The Morgan fingerprint density at radius 2 is 2.09 bits per heavy atom. The highest BCUT2D eigenvalue weighted by atomic mass is 79.9. The fourth-order valence-corrected chi connectivity index (χ4v) is 3.60. The van der Waals surface area contributed by atoms with Crippen LogP contribution in [0, 0.1) is 5.82 Å². The van der Waals surface area contributed by atoms with Crippen molar-refractivity contribution >= 4 is 49.3 Å². The van der Waals surface area contributed by atoms with Crippen molar-refractivity contribution in [3.8, 4) is 0 Å². The monoisotopic (exact) mass is 382 g/mol. The highest BCUT2D eigenvalue weighted by Crippen LogP contribution is 2.35. The van der Waals surface area contributed by atoms with Gasteiger partial charge in [0.25, 0.3) is 0 Å². The van der Waals surface area contributed by atoms with Crippen molar-refractivity contribution in [3.05, 3.63) is 33.8 Å². The Bertz CT molecular complexity index is 873. The van der Waals surface area contributed by atoms with Crippen molar-refractivity contribution in [2.45, 2.75) is 18.9 Å². The fraction of sp³-hybridized carbons (Fsp3) is 0.333. The smallest absolute Gasteiger partial charge is 0.165 e. The summed E-state index contributed by atoms with van der Waals surface area (Å²) in [6.07, 6.45) is 5.48. The summed E-state index contributed by atoms with van der Waals surface area (Å²) in [5.74, 6) is -0.428. The Morgan fingerprint density at radius 3 is 2.86 bits per heavy atom. The maximum atomic E-state index is 14.4. The number of hydrogen-bond donors (Lipinski definition) is 1. The lowest BCUT2D eigenvalue weighted by atomic mass is 10.1. The zero-order chi connectivity index (χ0) is 15.3. The van der Waals surface area contributed by atoms with Gasteiger partial charge in [-0.25, -0.2) is 4.39 Å². The summed E-state index contributed by atoms with van der Waals surface area (Å²) >= 11 is 9.32. The Morgan fingerprint density at radius 1 is 1.32 bits per heavy atom. The topological polar surface area (TPSA) is 42.7 Å². The largest absolute Gasteiger partial charge is 0.317 e. The van der Waals surface area contributed by atoms with Gasteiger partial charge in [0.05, 0.1) is 27.3 Å². The number of hydrogen-bond acceptors (Lipinski definition) is 3. The van der Waals surface area contributed by atoms with Gasteiger partial charge in [-0.15, -0.1) is 0 Å². The number of piperidine rings is 1. The molecule has 22 heavy (non-hydrogen) atoms. The lowest BCUT2D eigenvalue weighted by Gasteiger charge is -2.24. The standard InChI is InChI=1S/C15H13BrClFN4/c16-12-11(17)5-10-14(13(12)18)20-6-8-7-21-22(15(8)10)9-1-3-19-4-2-9/h5-7,9,19H,1-4H2. The van der Waals surface area contributed by atoms with E-state index in [0.717, 1.165) is 36.8 Å². The molecule has 1 saturated heterocycles. The van der Waals surface area contributed by atoms with Crippen molar-refractivity contribution in [3.63, 3.8) is 0 Å². The van der Waals surface area contributed by atoms with E-state index in [1.165, 1.54) is 0 Å². The van der Waals surface area contributed by atoms with Crippen molar-refractivity contribution in [1.82, 2.24) is 20.1 Å². The van der Waals surface area contributed by atoms with Gasteiger partial charge in [-0.1, -0.05) is 11.6 Å². The molecule has 0 unspecified atom stereocenters. The molecule has 0 spiro atoms. The molecule has 0 radical (unpaired) electrons. The van der Waals surface area contributed by atoms with Gasteiger partial charge in [0.2, 0.25) is 0 Å². The Kier molecular flexibility index (Phi) is 3.55. The Balaban J connectivity index is 2.03. The molecule has 0 saturated carbocycles. The van der Waals surface area contributed by atoms with Crippen LogP contribution in [0.25, 0.3) is 21.8 Å². The molecule has 0 amide bonds. The van der Waals surface area contributed by atoms with Crippen LogP contribution in [0.15, 0.2) is 22.9 Å². The molecule has 1 aromatic carbocycles. The van der Waals surface area contributed by atoms with E-state index < -0.39 is 5.82 Å². The average molecular weight is 384 g/mol. The van der Waals surface area contributed by atoms with Crippen LogP contribution < -0.4 is 5.32 Å². The molecule has 0 atom stereocenters. The van der Waals surface area contributed by atoms with Crippen LogP contribution in [-0.2, 0) is 0 Å². The third kappa shape index (κ3) is 2.13. The molecule has 3 aromatic rings. The molecule has 0 aliphatic carbocycles. The van der Waals surface area contributed by atoms with Gasteiger partial charge in [0.15, 0.2) is 5.82 Å². The zero-order valence-electron chi connectivity index (χ0n) is 11.6. The first kappa shape index (κ1) is 14.4. The van der Waals surface area contributed by atoms with E-state index in [1.54, 1.807) is 18.5 Å². The second kappa shape index (κ2) is 5.44. The van der Waals surface area contributed by atoms with Crippen LogP contribution in [0.5, 0.6) is 0 Å². The maximum absolute atomic E-state index is 14.4. The third-order valence-corrected chi connectivity index (χ3v) is 5.50. The minimum absolute atomic E-state index is 0.251. The van der Waals surface area contributed by atoms with Gasteiger partial charge in [0.1, 0.15) is 5.52 Å². The van der Waals surface area contributed by atoms with Crippen LogP contribution in [0.1, 0.15) is 18.9 Å². The third-order valence-electron chi connectivity index (χ3n) is 4.20. The molecule has 7 heteroatoms. The molecule has 1 aliphatic heterocycles. The molecule has 4 rings (SSSR count). The number of pyridine rings is 1. The zero-order valence-corrected chi connectivity index (χ0v) is 14.0. The van der Waals surface area contributed by atoms with Crippen LogP contribution in [0.4, 0.5) is 4.39 Å². The molecule has 1 fully saturated rings. The summed E-state index contributed by atoms with van der Waals surface area (Å²) in [6.45, 7) is 1.94. The number of aromatic nitrogens is 3. The van der Waals surface area contributed by atoms with Crippen LogP contribution in [0.2, 0.25) is 5.02 Å². The first-order valence-corrected chi connectivity index (χ1v) is 8.34. The van der Waals surface area contributed by atoms with Crippen LogP contribution >= 0.6 is 27.5 Å². The van der Waals surface area contributed by atoms with Crippen LogP contribution in [0.3, 0.4) is 0 Å². The van der Waals surface area contributed by atoms with E-state index >= 15 is 0 Å². The Hall–Kier alpha value is -1.24. The Labute approximate surface area is 139 Å². The number of nitrogens with zero attached hydrogens (tertiary/aromatic N) is 3. The van der Waals surface area contributed by atoms with E-state index in [-0.39, 0.29) is 4.47 Å². The molecule has 1 N–H and O–H groups in total. The molecule has 3 heterocycles. The summed E-state index contributed by atoms with van der Waals surface area (Å²) in [5, 5.41) is 9.83. The van der Waals surface area contributed by atoms with E-state index in [4.69, 9.17) is 11.6 Å². The number of rotatable bonds is 1. The quantitative estimate of drug-likeness (QED) is 0.644. The predicted molar refractivity (Wildman–Crippen MR) is 88.8 cm³/mol. The number of halogens is 3. The lowest BCUT2D eigenvalue weighted by Crippen LogP contribution is -2.29. The summed E-state index contributed by atoms with van der Waals surface area (Å²) in [4.78, 5) is 4.24. The van der Waals surface area contributed by atoms with E-state index in [0.29, 0.717) is 22.0 Å². The molecule has 1 aliphatic rings. The minimum Gasteiger partial charge on any atom is -0.317 e. The SMILES string of the molecule is Fc1c(Br)c(Cl)cc2c1ncc1cnn(C3CCNCC3)c12. The first-order valence-electron chi connectivity index (χ1n) is 7.17. The highest BCUT2D eigenvalue weighted by Gasteiger charge is 2.21. The summed E-state index contributed by atoms with van der Waals surface area (Å²) in [7, 11) is 0. The van der Waals surface area contributed by atoms with Gasteiger partial charge >= 0.3 is 0 Å². The van der Waals surface area contributed by atoms with Crippen molar-refractivity contribution in [1.29, 1.82) is 0 Å². The van der Waals surface area contributed by atoms with E-state index in [1.807, 2.05) is 4.68 Å². The van der Waals surface area contributed by atoms with Crippen molar-refractivity contribution in [2.75, 3.05) is 13.1 Å². The number of nitrogens with one attached hydrogen (secondary N) is 1. The molecule has 2 aromatic heterocycles. The minimum atomic E-state index is -0.428. The van der Waals surface area contributed by atoms with Gasteiger partial charge in [0, 0.05) is 17.0 Å². The lowest BCUT2D eigenvalue weighted by molar-refractivity contribution is 0.351. The molecular formula is C15H13BrClFN4. The average Bonchev–Trinajstić information content (AvgIpc) is 2.98. The second-order valence-electron chi connectivity index (χ2n) is 5.51. The van der Waals surface area contributed by atoms with Crippen molar-refractivity contribution in [2.24, 2.45) is 0 Å². The summed E-state index contributed by atoms with van der Waals surface area (Å²) < 4.78 is 16.7. The first-order chi connectivity index (χ1) is 10.7. The maximum Gasteiger partial charge on any atom is 0.165 e. The van der Waals surface area contributed by atoms with E-state index in [9.17, 15) is 4.39 Å². The van der Waals surface area contributed by atoms with Gasteiger partial charge in [-0.05, 0) is 47.9 Å². The second-order valence-corrected chi connectivity index (χ2v) is 6.72. The highest BCUT2D eigenvalue weighted by molar-refractivity contribution is 9.10. The molecule has 114 valence electrons. The van der Waals surface area contributed by atoms with E-state index in [2.05, 4.69) is 31.3 Å². The van der Waals surface area contributed by atoms with Gasteiger partial charge in [-0.3, -0.25) is 9.67 Å². The van der Waals surface area contributed by atoms with Crippen LogP contribution in [-0.4, -0.2) is 27.9 Å². The van der Waals surface area contributed by atoms with Gasteiger partial charge in [-0.2, -0.15) is 5.10 Å². The number of fused-ring (bicyclic) bond motifs is 3. The molecule has 4 nitrogen and oxygen atoms in total. The molecule has 0 bridgehead atoms. The summed E-state index contributed by atoms with van der Waals surface area (Å²) in [6, 6.07) is 2.08. The fourth-order valence-electron chi connectivity index (χ4n) is 3.10. The summed E-state index contributed by atoms with van der Waals surface area (Å²) in [5.41, 5.74) is 1.23.